The molecule has 0 saturated carbocycles. The molecule has 2 rings (SSSR count). The topological polar surface area (TPSA) is 86.5 Å². The Kier molecular flexibility index (Phi) is 6.42. The molecule has 0 atom stereocenters. The molecule has 0 amide bonds. The zero-order valence-electron chi connectivity index (χ0n) is 13.1. The first kappa shape index (κ1) is 18.4. The van der Waals surface area contributed by atoms with Crippen LogP contribution in [0.15, 0.2) is 54.6 Å². The number of hydrogen-bond donors (Lipinski definition) is 0. The van der Waals surface area contributed by atoms with E-state index in [9.17, 15) is 19.7 Å². The van der Waals surface area contributed by atoms with Gasteiger partial charge in [-0.05, 0) is 35.9 Å². The fourth-order valence-electron chi connectivity index (χ4n) is 1.97. The highest BCUT2D eigenvalue weighted by Gasteiger charge is 2.12. The molecular formula is C18H14ClNO5. The third kappa shape index (κ3) is 5.86. The van der Waals surface area contributed by atoms with Crippen LogP contribution in [-0.4, -0.2) is 16.7 Å². The van der Waals surface area contributed by atoms with Crippen molar-refractivity contribution in [3.8, 4) is 0 Å². The van der Waals surface area contributed by atoms with Gasteiger partial charge in [0.2, 0.25) is 0 Å². The number of halogens is 1. The van der Waals surface area contributed by atoms with E-state index in [1.54, 1.807) is 30.3 Å². The summed E-state index contributed by atoms with van der Waals surface area (Å²) in [5.74, 6) is -1.17. The number of nitro benzene ring substituents is 1. The average molecular weight is 360 g/mol. The molecule has 0 bridgehead atoms. The lowest BCUT2D eigenvalue weighted by Crippen LogP contribution is -2.09. The Hall–Kier alpha value is -2.99. The lowest BCUT2D eigenvalue weighted by Gasteiger charge is -2.03. The third-order valence-electron chi connectivity index (χ3n) is 3.21. The Labute approximate surface area is 148 Å². The van der Waals surface area contributed by atoms with Gasteiger partial charge in [0.05, 0.1) is 10.5 Å². The SMILES string of the molecule is O=C(C=Cc1ccccc1[N+](=O)[O-])CC(=O)OCc1ccc(Cl)cc1. The smallest absolute Gasteiger partial charge is 0.314 e. The Morgan fingerprint density at radius 1 is 1.12 bits per heavy atom. The van der Waals surface area contributed by atoms with Gasteiger partial charge in [0.1, 0.15) is 13.0 Å². The summed E-state index contributed by atoms with van der Waals surface area (Å²) in [6, 6.07) is 12.8. The molecule has 0 radical (unpaired) electrons. The van der Waals surface area contributed by atoms with Gasteiger partial charge in [0, 0.05) is 11.1 Å². The molecule has 0 heterocycles. The van der Waals surface area contributed by atoms with Gasteiger partial charge < -0.3 is 4.74 Å². The number of allylic oxidation sites excluding steroid dienone is 1. The summed E-state index contributed by atoms with van der Waals surface area (Å²) < 4.78 is 5.01. The van der Waals surface area contributed by atoms with Gasteiger partial charge in [-0.3, -0.25) is 19.7 Å². The molecule has 0 N–H and O–H groups in total. The van der Waals surface area contributed by atoms with Gasteiger partial charge in [-0.2, -0.15) is 0 Å². The van der Waals surface area contributed by atoms with E-state index in [0.29, 0.717) is 5.02 Å². The maximum Gasteiger partial charge on any atom is 0.314 e. The second-order valence-electron chi connectivity index (χ2n) is 5.08. The van der Waals surface area contributed by atoms with Crippen molar-refractivity contribution in [1.29, 1.82) is 0 Å². The summed E-state index contributed by atoms with van der Waals surface area (Å²) in [6.45, 7) is 0.0388. The number of ether oxygens (including phenoxy) is 1. The first-order valence-electron chi connectivity index (χ1n) is 7.30. The number of rotatable bonds is 7. The number of hydrogen-bond acceptors (Lipinski definition) is 5. The summed E-state index contributed by atoms with van der Waals surface area (Å²) in [5.41, 5.74) is 0.924. The molecule has 2 aromatic rings. The highest BCUT2D eigenvalue weighted by molar-refractivity contribution is 6.30. The van der Waals surface area contributed by atoms with E-state index in [0.717, 1.165) is 11.6 Å². The molecule has 0 aliphatic carbocycles. The highest BCUT2D eigenvalue weighted by atomic mass is 35.5. The van der Waals surface area contributed by atoms with E-state index in [1.807, 2.05) is 0 Å². The van der Waals surface area contributed by atoms with Crippen molar-refractivity contribution in [3.63, 3.8) is 0 Å². The fourth-order valence-corrected chi connectivity index (χ4v) is 2.10. The standard InChI is InChI=1S/C18H14ClNO5/c19-15-8-5-13(6-9-15)12-25-18(22)11-16(21)10-7-14-3-1-2-4-17(14)20(23)24/h1-10H,11-12H2. The van der Waals surface area contributed by atoms with E-state index in [1.165, 1.54) is 24.3 Å². The minimum absolute atomic E-state index is 0.0388. The summed E-state index contributed by atoms with van der Waals surface area (Å²) in [5, 5.41) is 11.5. The van der Waals surface area contributed by atoms with E-state index in [2.05, 4.69) is 0 Å². The Bertz CT molecular complexity index is 814. The van der Waals surface area contributed by atoms with E-state index >= 15 is 0 Å². The number of carbonyl (C=O) groups is 2. The van der Waals surface area contributed by atoms with Crippen LogP contribution in [0.25, 0.3) is 6.08 Å². The Morgan fingerprint density at radius 2 is 1.80 bits per heavy atom. The molecule has 0 fully saturated rings. The van der Waals surface area contributed by atoms with Gasteiger partial charge in [0.25, 0.3) is 5.69 Å². The average Bonchev–Trinajstić information content (AvgIpc) is 2.59. The van der Waals surface area contributed by atoms with Gasteiger partial charge in [-0.25, -0.2) is 0 Å². The quantitative estimate of drug-likeness (QED) is 0.245. The fraction of sp³-hybridized carbons (Fsp3) is 0.111. The van der Waals surface area contributed by atoms with Crippen molar-refractivity contribution >= 4 is 35.1 Å². The van der Waals surface area contributed by atoms with Crippen LogP contribution in [-0.2, 0) is 20.9 Å². The number of nitro groups is 1. The van der Waals surface area contributed by atoms with Crippen molar-refractivity contribution in [2.45, 2.75) is 13.0 Å². The summed E-state index contributed by atoms with van der Waals surface area (Å²) in [6.07, 6.45) is 2.00. The molecule has 2 aromatic carbocycles. The van der Waals surface area contributed by atoms with Gasteiger partial charge in [-0.15, -0.1) is 0 Å². The number of benzene rings is 2. The van der Waals surface area contributed by atoms with Crippen LogP contribution in [0, 0.1) is 10.1 Å². The predicted molar refractivity (Wildman–Crippen MR) is 93.0 cm³/mol. The molecule has 0 unspecified atom stereocenters. The highest BCUT2D eigenvalue weighted by Crippen LogP contribution is 2.19. The molecule has 25 heavy (non-hydrogen) atoms. The summed E-state index contributed by atoms with van der Waals surface area (Å²) in [4.78, 5) is 33.8. The Balaban J connectivity index is 1.88. The first-order valence-corrected chi connectivity index (χ1v) is 7.68. The predicted octanol–water partition coefficient (Wildman–Crippen LogP) is 3.96. The van der Waals surface area contributed by atoms with E-state index in [-0.39, 0.29) is 17.9 Å². The van der Waals surface area contributed by atoms with E-state index < -0.39 is 23.1 Å². The lowest BCUT2D eigenvalue weighted by atomic mass is 10.1. The maximum atomic E-state index is 11.8. The molecule has 0 aromatic heterocycles. The van der Waals surface area contributed by atoms with Crippen molar-refractivity contribution in [2.75, 3.05) is 0 Å². The molecule has 7 heteroatoms. The van der Waals surface area contributed by atoms with Gasteiger partial charge >= 0.3 is 5.97 Å². The Morgan fingerprint density at radius 3 is 2.48 bits per heavy atom. The maximum absolute atomic E-state index is 11.8. The number of nitrogens with zero attached hydrogens (tertiary/aromatic N) is 1. The monoisotopic (exact) mass is 359 g/mol. The van der Waals surface area contributed by atoms with Gasteiger partial charge in [-0.1, -0.05) is 35.9 Å². The van der Waals surface area contributed by atoms with Crippen LogP contribution in [0.3, 0.4) is 0 Å². The molecule has 0 saturated heterocycles. The van der Waals surface area contributed by atoms with E-state index in [4.69, 9.17) is 16.3 Å². The molecule has 128 valence electrons. The van der Waals surface area contributed by atoms with Crippen LogP contribution < -0.4 is 0 Å². The number of esters is 1. The second-order valence-corrected chi connectivity index (χ2v) is 5.52. The molecule has 0 spiro atoms. The van der Waals surface area contributed by atoms with Crippen molar-refractivity contribution in [1.82, 2.24) is 0 Å². The summed E-state index contributed by atoms with van der Waals surface area (Å²) in [7, 11) is 0. The zero-order chi connectivity index (χ0) is 18.2. The van der Waals surface area contributed by atoms with Crippen LogP contribution in [0.2, 0.25) is 5.02 Å². The van der Waals surface area contributed by atoms with Crippen LogP contribution in [0.5, 0.6) is 0 Å². The molecule has 0 aliphatic heterocycles. The number of para-hydroxylation sites is 1. The minimum atomic E-state index is -0.674. The van der Waals surface area contributed by atoms with Crippen LogP contribution in [0.4, 0.5) is 5.69 Å². The number of ketones is 1. The minimum Gasteiger partial charge on any atom is -0.460 e. The second kappa shape index (κ2) is 8.75. The largest absolute Gasteiger partial charge is 0.460 e. The van der Waals surface area contributed by atoms with Crippen molar-refractivity contribution in [2.24, 2.45) is 0 Å². The number of carbonyl (C=O) groups excluding carboxylic acids is 2. The first-order chi connectivity index (χ1) is 12.0. The molecule has 0 aliphatic rings. The summed E-state index contributed by atoms with van der Waals surface area (Å²) >= 11 is 5.76. The zero-order valence-corrected chi connectivity index (χ0v) is 13.8. The normalized spacial score (nSPS) is 10.6. The lowest BCUT2D eigenvalue weighted by molar-refractivity contribution is -0.385. The van der Waals surface area contributed by atoms with Gasteiger partial charge in [0.15, 0.2) is 5.78 Å². The molecular weight excluding hydrogens is 346 g/mol. The molecule has 6 nitrogen and oxygen atoms in total. The van der Waals surface area contributed by atoms with Crippen molar-refractivity contribution < 1.29 is 19.2 Å². The van der Waals surface area contributed by atoms with Crippen LogP contribution in [0.1, 0.15) is 17.5 Å². The third-order valence-corrected chi connectivity index (χ3v) is 3.47. The van der Waals surface area contributed by atoms with Crippen molar-refractivity contribution in [3.05, 3.63) is 80.9 Å². The van der Waals surface area contributed by atoms with Crippen LogP contribution >= 0.6 is 11.6 Å².